The monoisotopic (exact) mass is 350 g/mol. The summed E-state index contributed by atoms with van der Waals surface area (Å²) in [6.07, 6.45) is 6.26. The van der Waals surface area contributed by atoms with Crippen molar-refractivity contribution in [2.45, 2.75) is 25.8 Å². The van der Waals surface area contributed by atoms with Gasteiger partial charge < -0.3 is 27.4 Å². The minimum absolute atomic E-state index is 0. The van der Waals surface area contributed by atoms with E-state index in [1.54, 1.807) is 24.3 Å². The number of aryl methyl sites for hydroxylation is 1. The second kappa shape index (κ2) is 9.13. The highest BCUT2D eigenvalue weighted by Gasteiger charge is 2.06. The van der Waals surface area contributed by atoms with E-state index in [0.29, 0.717) is 12.1 Å². The normalized spacial score (nSPS) is 9.71. The van der Waals surface area contributed by atoms with E-state index in [1.807, 2.05) is 30.6 Å². The molecule has 2 rings (SSSR count). The van der Waals surface area contributed by atoms with Crippen LogP contribution in [0.1, 0.15) is 19.3 Å². The quantitative estimate of drug-likeness (QED) is 0.419. The smallest absolute Gasteiger partial charge is 0.224 e. The zero-order valence-electron chi connectivity index (χ0n) is 11.7. The van der Waals surface area contributed by atoms with E-state index in [0.717, 1.165) is 19.4 Å². The first kappa shape index (κ1) is 17.2. The predicted octanol–water partition coefficient (Wildman–Crippen LogP) is -0.507. The Bertz CT molecular complexity index is 561. The summed E-state index contributed by atoms with van der Waals surface area (Å²) in [5.41, 5.74) is 0.468. The van der Waals surface area contributed by atoms with Gasteiger partial charge in [0.1, 0.15) is 12.3 Å². The summed E-state index contributed by atoms with van der Waals surface area (Å²) in [7, 11) is 0. The first-order chi connectivity index (χ1) is 9.75. The number of halogens is 1. The number of nitrogens with zero attached hydrogens (tertiary/aromatic N) is 1. The van der Waals surface area contributed by atoms with Gasteiger partial charge in [0, 0.05) is 25.0 Å². The lowest BCUT2D eigenvalue weighted by molar-refractivity contribution is -0.697. The molecule has 112 valence electrons. The number of hydrogen-bond donors (Lipinski definition) is 2. The fourth-order valence-corrected chi connectivity index (χ4v) is 1.96. The largest absolute Gasteiger partial charge is 1.00 e. The Morgan fingerprint density at radius 1 is 1.05 bits per heavy atom. The van der Waals surface area contributed by atoms with Crippen molar-refractivity contribution in [1.29, 1.82) is 0 Å². The van der Waals surface area contributed by atoms with Crippen molar-refractivity contribution in [3.63, 3.8) is 0 Å². The predicted molar refractivity (Wildman–Crippen MR) is 77.2 cm³/mol. The fraction of sp³-hybridized carbons (Fsp3) is 0.250. The molecule has 0 aliphatic carbocycles. The van der Waals surface area contributed by atoms with Gasteiger partial charge in [-0.3, -0.25) is 4.79 Å². The fourth-order valence-electron chi connectivity index (χ4n) is 1.96. The van der Waals surface area contributed by atoms with E-state index >= 15 is 0 Å². The molecule has 1 aromatic carbocycles. The van der Waals surface area contributed by atoms with Gasteiger partial charge in [-0.25, -0.2) is 4.57 Å². The van der Waals surface area contributed by atoms with Crippen LogP contribution >= 0.6 is 0 Å². The van der Waals surface area contributed by atoms with Gasteiger partial charge in [0.25, 0.3) is 0 Å². The number of unbranched alkanes of at least 4 members (excludes halogenated alkanes) is 1. The Kier molecular flexibility index (Phi) is 7.46. The van der Waals surface area contributed by atoms with E-state index in [9.17, 15) is 9.90 Å². The van der Waals surface area contributed by atoms with Crippen molar-refractivity contribution in [3.8, 4) is 5.75 Å². The van der Waals surface area contributed by atoms with E-state index in [4.69, 9.17) is 0 Å². The summed E-state index contributed by atoms with van der Waals surface area (Å²) in [6, 6.07) is 12.7. The lowest BCUT2D eigenvalue weighted by Gasteiger charge is -2.06. The van der Waals surface area contributed by atoms with Crippen LogP contribution in [0.2, 0.25) is 0 Å². The highest BCUT2D eigenvalue weighted by molar-refractivity contribution is 5.92. The van der Waals surface area contributed by atoms with Crippen LogP contribution in [0.3, 0.4) is 0 Å². The second-order valence-corrected chi connectivity index (χ2v) is 4.64. The molecule has 1 heterocycles. The van der Waals surface area contributed by atoms with Gasteiger partial charge in [-0.1, -0.05) is 18.2 Å². The maximum absolute atomic E-state index is 11.7. The van der Waals surface area contributed by atoms with Crippen molar-refractivity contribution < 1.29 is 31.4 Å². The summed E-state index contributed by atoms with van der Waals surface area (Å²) < 4.78 is 2.10. The van der Waals surface area contributed by atoms with Crippen LogP contribution in [-0.2, 0) is 11.3 Å². The van der Waals surface area contributed by atoms with Crippen molar-refractivity contribution in [2.24, 2.45) is 0 Å². The maximum Gasteiger partial charge on any atom is 0.224 e. The lowest BCUT2D eigenvalue weighted by atomic mass is 10.2. The minimum atomic E-state index is -0.0652. The molecule has 0 bridgehead atoms. The van der Waals surface area contributed by atoms with Gasteiger partial charge in [-0.2, -0.15) is 0 Å². The maximum atomic E-state index is 11.7. The first-order valence-corrected chi connectivity index (χ1v) is 6.77. The van der Waals surface area contributed by atoms with E-state index < -0.39 is 0 Å². The van der Waals surface area contributed by atoms with Crippen molar-refractivity contribution in [3.05, 3.63) is 54.9 Å². The summed E-state index contributed by atoms with van der Waals surface area (Å²) in [5, 5.41) is 12.3. The number of benzene rings is 1. The average molecular weight is 351 g/mol. The van der Waals surface area contributed by atoms with Gasteiger partial charge in [-0.15, -0.1) is 0 Å². The number of amides is 1. The number of aromatic nitrogens is 1. The Labute approximate surface area is 135 Å². The summed E-state index contributed by atoms with van der Waals surface area (Å²) in [5.74, 6) is 0.0326. The number of phenols is 1. The number of nitrogens with one attached hydrogen (secondary N) is 1. The molecule has 2 aromatic rings. The highest BCUT2D eigenvalue weighted by Crippen LogP contribution is 2.21. The molecular weight excluding hydrogens is 332 g/mol. The Morgan fingerprint density at radius 3 is 2.48 bits per heavy atom. The molecule has 0 saturated carbocycles. The van der Waals surface area contributed by atoms with Crippen LogP contribution in [0.4, 0.5) is 5.69 Å². The number of carbonyl (C=O) groups is 1. The molecule has 0 fully saturated rings. The third-order valence-corrected chi connectivity index (χ3v) is 3.03. The van der Waals surface area contributed by atoms with Crippen LogP contribution < -0.4 is 26.9 Å². The Hall–Kier alpha value is -1.88. The SMILES string of the molecule is O=C(CCCC[n+]1ccccc1)Nc1ccccc1O.[Br-]. The third-order valence-electron chi connectivity index (χ3n) is 3.03. The van der Waals surface area contributed by atoms with Crippen LogP contribution in [0, 0.1) is 0 Å². The van der Waals surface area contributed by atoms with E-state index in [1.165, 1.54) is 0 Å². The van der Waals surface area contributed by atoms with Gasteiger partial charge in [0.2, 0.25) is 5.91 Å². The minimum Gasteiger partial charge on any atom is -1.00 e. The van der Waals surface area contributed by atoms with Gasteiger partial charge in [0.05, 0.1) is 5.69 Å². The van der Waals surface area contributed by atoms with Crippen molar-refractivity contribution >= 4 is 11.6 Å². The zero-order valence-corrected chi connectivity index (χ0v) is 13.3. The van der Waals surface area contributed by atoms with Gasteiger partial charge in [-0.05, 0) is 18.6 Å². The first-order valence-electron chi connectivity index (χ1n) is 6.77. The molecule has 0 saturated heterocycles. The number of pyridine rings is 1. The molecule has 0 spiro atoms. The number of aromatic hydroxyl groups is 1. The number of hydrogen-bond acceptors (Lipinski definition) is 2. The molecule has 4 nitrogen and oxygen atoms in total. The molecule has 2 N–H and O–H groups in total. The topological polar surface area (TPSA) is 53.2 Å². The molecule has 0 radical (unpaired) electrons. The van der Waals surface area contributed by atoms with Crippen LogP contribution in [-0.4, -0.2) is 11.0 Å². The van der Waals surface area contributed by atoms with Crippen LogP contribution in [0.5, 0.6) is 5.75 Å². The number of para-hydroxylation sites is 2. The van der Waals surface area contributed by atoms with Crippen LogP contribution in [0.15, 0.2) is 54.9 Å². The summed E-state index contributed by atoms with van der Waals surface area (Å²) in [4.78, 5) is 11.7. The molecule has 0 aliphatic heterocycles. The molecule has 5 heteroatoms. The Morgan fingerprint density at radius 2 is 1.76 bits per heavy atom. The molecule has 0 aliphatic rings. The molecule has 21 heavy (non-hydrogen) atoms. The number of carbonyl (C=O) groups excluding carboxylic acids is 1. The van der Waals surface area contributed by atoms with Crippen molar-refractivity contribution in [2.75, 3.05) is 5.32 Å². The number of anilines is 1. The van der Waals surface area contributed by atoms with Gasteiger partial charge in [0.15, 0.2) is 12.4 Å². The van der Waals surface area contributed by atoms with Gasteiger partial charge >= 0.3 is 0 Å². The highest BCUT2D eigenvalue weighted by atomic mass is 79.9. The molecule has 0 atom stereocenters. The van der Waals surface area contributed by atoms with E-state index in [-0.39, 0.29) is 28.6 Å². The van der Waals surface area contributed by atoms with E-state index in [2.05, 4.69) is 9.88 Å². The molecule has 1 aromatic heterocycles. The molecular formula is C16H19BrN2O2. The van der Waals surface area contributed by atoms with Crippen molar-refractivity contribution in [1.82, 2.24) is 0 Å². The zero-order chi connectivity index (χ0) is 14.2. The van der Waals surface area contributed by atoms with Crippen LogP contribution in [0.25, 0.3) is 0 Å². The number of phenolic OH excluding ortho intramolecular Hbond substituents is 1. The molecule has 0 unspecified atom stereocenters. The third kappa shape index (κ3) is 5.95. The lowest BCUT2D eigenvalue weighted by Crippen LogP contribution is -3.00. The standard InChI is InChI=1S/C16H18N2O2.BrH/c19-15-9-3-2-8-14(15)17-16(20)10-4-7-13-18-11-5-1-6-12-18;/h1-3,5-6,8-9,11-12H,4,7,10,13H2,(H-,17,19,20);1H. The summed E-state index contributed by atoms with van der Waals surface area (Å²) >= 11 is 0. The average Bonchev–Trinajstić information content (AvgIpc) is 2.47. The second-order valence-electron chi connectivity index (χ2n) is 4.64. The number of rotatable bonds is 6. The summed E-state index contributed by atoms with van der Waals surface area (Å²) in [6.45, 7) is 0.907. The Balaban J connectivity index is 0.00000220. The molecule has 1 amide bonds.